The molecule has 0 spiro atoms. The molecule has 0 unspecified atom stereocenters. The fraction of sp³-hybridized carbons (Fsp3) is 0.0769. The summed E-state index contributed by atoms with van der Waals surface area (Å²) in [5, 5.41) is 0. The average Bonchev–Trinajstić information content (AvgIpc) is 2.26. The van der Waals surface area contributed by atoms with Crippen molar-refractivity contribution in [3.63, 3.8) is 0 Å². The van der Waals surface area contributed by atoms with E-state index in [9.17, 15) is 0 Å². The van der Waals surface area contributed by atoms with Crippen molar-refractivity contribution >= 4 is 11.0 Å². The standard InChI is InChI=1S/C13H10O.Si/c1-3-7-12-10(5-1)9-11-6-2-4-8-13(11)14-12;/h1-8H,9H2;. The summed E-state index contributed by atoms with van der Waals surface area (Å²) < 4.78 is 5.78. The molecule has 2 aromatic carbocycles. The molecule has 1 aliphatic heterocycles. The lowest BCUT2D eigenvalue weighted by molar-refractivity contribution is 0.460. The summed E-state index contributed by atoms with van der Waals surface area (Å²) in [6.07, 6.45) is 0.979. The van der Waals surface area contributed by atoms with Crippen LogP contribution in [-0.4, -0.2) is 11.0 Å². The van der Waals surface area contributed by atoms with E-state index in [0.717, 1.165) is 17.9 Å². The third-order valence-corrected chi connectivity index (χ3v) is 2.55. The van der Waals surface area contributed by atoms with Crippen LogP contribution in [0, 0.1) is 0 Å². The summed E-state index contributed by atoms with van der Waals surface area (Å²) in [6, 6.07) is 16.4. The quantitative estimate of drug-likeness (QED) is 0.518. The van der Waals surface area contributed by atoms with E-state index in [1.54, 1.807) is 0 Å². The van der Waals surface area contributed by atoms with Gasteiger partial charge in [-0.05, 0) is 23.3 Å². The predicted molar refractivity (Wildman–Crippen MR) is 61.5 cm³/mol. The zero-order valence-corrected chi connectivity index (χ0v) is 9.23. The molecular formula is C13H10OSi. The van der Waals surface area contributed by atoms with Crippen LogP contribution >= 0.6 is 0 Å². The first-order valence-electron chi connectivity index (χ1n) is 4.77. The summed E-state index contributed by atoms with van der Waals surface area (Å²) in [6.45, 7) is 0. The van der Waals surface area contributed by atoms with Crippen LogP contribution < -0.4 is 4.74 Å². The summed E-state index contributed by atoms with van der Waals surface area (Å²) in [5.74, 6) is 1.98. The second-order valence-corrected chi connectivity index (χ2v) is 3.49. The van der Waals surface area contributed by atoms with E-state index >= 15 is 0 Å². The molecule has 15 heavy (non-hydrogen) atoms. The van der Waals surface area contributed by atoms with Gasteiger partial charge in [-0.2, -0.15) is 0 Å². The molecule has 0 atom stereocenters. The molecule has 1 nitrogen and oxygen atoms in total. The van der Waals surface area contributed by atoms with Gasteiger partial charge in [0.15, 0.2) is 0 Å². The van der Waals surface area contributed by atoms with Gasteiger partial charge >= 0.3 is 0 Å². The zero-order valence-electron chi connectivity index (χ0n) is 8.23. The van der Waals surface area contributed by atoms with Crippen LogP contribution in [0.4, 0.5) is 0 Å². The Labute approximate surface area is 93.7 Å². The Bertz CT molecular complexity index is 392. The second kappa shape index (κ2) is 3.91. The first-order chi connectivity index (χ1) is 6.93. The van der Waals surface area contributed by atoms with Crippen LogP contribution in [0.3, 0.4) is 0 Å². The van der Waals surface area contributed by atoms with Gasteiger partial charge in [0.25, 0.3) is 0 Å². The molecule has 0 amide bonds. The molecule has 0 saturated carbocycles. The minimum atomic E-state index is 0. The molecule has 4 radical (unpaired) electrons. The lowest BCUT2D eigenvalue weighted by Gasteiger charge is -2.19. The Balaban J connectivity index is 0.000000853. The van der Waals surface area contributed by atoms with Crippen molar-refractivity contribution in [3.05, 3.63) is 59.7 Å². The molecule has 0 fully saturated rings. The number of ether oxygens (including phenoxy) is 1. The van der Waals surface area contributed by atoms with E-state index in [2.05, 4.69) is 24.3 Å². The van der Waals surface area contributed by atoms with Gasteiger partial charge in [-0.3, -0.25) is 0 Å². The average molecular weight is 210 g/mol. The van der Waals surface area contributed by atoms with Gasteiger partial charge in [-0.15, -0.1) is 0 Å². The van der Waals surface area contributed by atoms with Gasteiger partial charge in [0.2, 0.25) is 0 Å². The smallest absolute Gasteiger partial charge is 0.130 e. The lowest BCUT2D eigenvalue weighted by atomic mass is 10.0. The molecule has 1 heterocycles. The van der Waals surface area contributed by atoms with Crippen molar-refractivity contribution in [2.75, 3.05) is 0 Å². The van der Waals surface area contributed by atoms with E-state index in [4.69, 9.17) is 4.74 Å². The maximum absolute atomic E-state index is 5.78. The molecule has 0 bridgehead atoms. The van der Waals surface area contributed by atoms with Crippen molar-refractivity contribution in [1.82, 2.24) is 0 Å². The highest BCUT2D eigenvalue weighted by Crippen LogP contribution is 2.35. The second-order valence-electron chi connectivity index (χ2n) is 3.49. The Hall–Kier alpha value is -1.54. The van der Waals surface area contributed by atoms with Crippen LogP contribution in [0.5, 0.6) is 11.5 Å². The largest absolute Gasteiger partial charge is 0.457 e. The van der Waals surface area contributed by atoms with Crippen LogP contribution in [0.1, 0.15) is 11.1 Å². The molecule has 0 aliphatic carbocycles. The number of hydrogen-bond donors (Lipinski definition) is 0. The van der Waals surface area contributed by atoms with E-state index < -0.39 is 0 Å². The van der Waals surface area contributed by atoms with Gasteiger partial charge in [0.1, 0.15) is 11.5 Å². The molecule has 3 rings (SSSR count). The monoisotopic (exact) mass is 210 g/mol. The number of para-hydroxylation sites is 2. The van der Waals surface area contributed by atoms with Gasteiger partial charge in [-0.1, -0.05) is 36.4 Å². The fourth-order valence-corrected chi connectivity index (χ4v) is 1.82. The lowest BCUT2D eigenvalue weighted by Crippen LogP contribution is -2.01. The van der Waals surface area contributed by atoms with E-state index in [1.807, 2.05) is 24.3 Å². The summed E-state index contributed by atoms with van der Waals surface area (Å²) in [7, 11) is 0. The molecular weight excluding hydrogens is 200 g/mol. The number of fused-ring (bicyclic) bond motifs is 2. The first-order valence-corrected chi connectivity index (χ1v) is 4.77. The van der Waals surface area contributed by atoms with Crippen molar-refractivity contribution in [2.45, 2.75) is 6.42 Å². The fourth-order valence-electron chi connectivity index (χ4n) is 1.82. The topological polar surface area (TPSA) is 9.23 Å². The van der Waals surface area contributed by atoms with Crippen LogP contribution in [0.2, 0.25) is 0 Å². The van der Waals surface area contributed by atoms with Crippen LogP contribution in [0.15, 0.2) is 48.5 Å². The number of hydrogen-bond acceptors (Lipinski definition) is 1. The molecule has 0 N–H and O–H groups in total. The highest BCUT2D eigenvalue weighted by atomic mass is 28.1. The Morgan fingerprint density at radius 3 is 1.73 bits per heavy atom. The van der Waals surface area contributed by atoms with Crippen molar-refractivity contribution in [2.24, 2.45) is 0 Å². The molecule has 2 aromatic rings. The van der Waals surface area contributed by atoms with Gasteiger partial charge in [-0.25, -0.2) is 0 Å². The number of benzene rings is 2. The maximum atomic E-state index is 5.78. The van der Waals surface area contributed by atoms with Crippen LogP contribution in [-0.2, 0) is 6.42 Å². The third kappa shape index (κ3) is 1.68. The zero-order chi connectivity index (χ0) is 9.38. The van der Waals surface area contributed by atoms with Gasteiger partial charge in [0.05, 0.1) is 0 Å². The molecule has 0 aromatic heterocycles. The normalized spacial score (nSPS) is 11.7. The summed E-state index contributed by atoms with van der Waals surface area (Å²) in [4.78, 5) is 0. The van der Waals surface area contributed by atoms with Crippen molar-refractivity contribution < 1.29 is 4.74 Å². The molecule has 0 saturated heterocycles. The van der Waals surface area contributed by atoms with Crippen molar-refractivity contribution in [1.29, 1.82) is 0 Å². The Kier molecular flexibility index (Phi) is 2.60. The maximum Gasteiger partial charge on any atom is 0.130 e. The predicted octanol–water partition coefficient (Wildman–Crippen LogP) is 3.00. The van der Waals surface area contributed by atoms with E-state index in [0.29, 0.717) is 0 Å². The highest BCUT2D eigenvalue weighted by molar-refractivity contribution is 5.75. The molecule has 1 aliphatic rings. The Morgan fingerprint density at radius 2 is 1.20 bits per heavy atom. The third-order valence-electron chi connectivity index (χ3n) is 2.55. The minimum absolute atomic E-state index is 0. The summed E-state index contributed by atoms with van der Waals surface area (Å²) in [5.41, 5.74) is 2.54. The van der Waals surface area contributed by atoms with Gasteiger partial charge in [0, 0.05) is 17.4 Å². The van der Waals surface area contributed by atoms with Gasteiger partial charge < -0.3 is 4.74 Å². The van der Waals surface area contributed by atoms with E-state index in [1.165, 1.54) is 11.1 Å². The molecule has 72 valence electrons. The van der Waals surface area contributed by atoms with Crippen LogP contribution in [0.25, 0.3) is 0 Å². The summed E-state index contributed by atoms with van der Waals surface area (Å²) >= 11 is 0. The first kappa shape index (κ1) is 9.99. The SMILES string of the molecule is [Si].c1ccc2c(c1)Cc1ccccc1O2. The molecule has 2 heteroatoms. The minimum Gasteiger partial charge on any atom is -0.457 e. The van der Waals surface area contributed by atoms with E-state index in [-0.39, 0.29) is 11.0 Å². The Morgan fingerprint density at radius 1 is 0.733 bits per heavy atom. The van der Waals surface area contributed by atoms with Crippen molar-refractivity contribution in [3.8, 4) is 11.5 Å². The number of rotatable bonds is 0. The highest BCUT2D eigenvalue weighted by Gasteiger charge is 2.14.